The van der Waals surface area contributed by atoms with Gasteiger partial charge in [0, 0.05) is 36.4 Å². The molecule has 162 valence electrons. The summed E-state index contributed by atoms with van der Waals surface area (Å²) < 4.78 is 1.84. The third kappa shape index (κ3) is 6.08. The maximum absolute atomic E-state index is 12.1. The minimum atomic E-state index is -0.215. The van der Waals surface area contributed by atoms with Gasteiger partial charge >= 0.3 is 0 Å². The molecule has 0 aliphatic rings. The van der Waals surface area contributed by atoms with Gasteiger partial charge in [0.1, 0.15) is 0 Å². The van der Waals surface area contributed by atoms with Crippen LogP contribution in [0.25, 0.3) is 11.4 Å². The number of carbonyl (C=O) groups is 1. The Labute approximate surface area is 191 Å². The predicted octanol–water partition coefficient (Wildman–Crippen LogP) is 4.22. The molecule has 0 aliphatic carbocycles. The largest absolute Gasteiger partial charge is 0.372 e. The second-order valence-corrected chi connectivity index (χ2v) is 8.10. The molecule has 0 aliphatic heterocycles. The zero-order chi connectivity index (χ0) is 22.2. The fraction of sp³-hybridized carbons (Fsp3) is 0.273. The molecule has 0 unspecified atom stereocenters. The molecule has 0 saturated heterocycles. The Morgan fingerprint density at radius 2 is 1.94 bits per heavy atom. The van der Waals surface area contributed by atoms with E-state index in [1.807, 2.05) is 41.9 Å². The maximum atomic E-state index is 12.1. The van der Waals surface area contributed by atoms with Crippen molar-refractivity contribution in [3.8, 4) is 11.4 Å². The molecule has 2 aromatic carbocycles. The van der Waals surface area contributed by atoms with E-state index in [4.69, 9.17) is 11.6 Å². The van der Waals surface area contributed by atoms with Crippen LogP contribution in [-0.2, 0) is 11.8 Å². The van der Waals surface area contributed by atoms with Gasteiger partial charge in [-0.1, -0.05) is 47.6 Å². The SMILES string of the molecule is CCN(CC)c1ccc(/C=N/NC(=O)CSc2nnc(-c3cccc(Cl)c3)n2C)cc1. The topological polar surface area (TPSA) is 75.4 Å². The number of nitrogens with zero attached hydrogens (tertiary/aromatic N) is 5. The van der Waals surface area contributed by atoms with Crippen LogP contribution in [0.5, 0.6) is 0 Å². The van der Waals surface area contributed by atoms with Gasteiger partial charge in [-0.25, -0.2) is 5.43 Å². The van der Waals surface area contributed by atoms with Crippen molar-refractivity contribution < 1.29 is 4.79 Å². The number of amides is 1. The summed E-state index contributed by atoms with van der Waals surface area (Å²) >= 11 is 7.35. The summed E-state index contributed by atoms with van der Waals surface area (Å²) in [6, 6.07) is 15.5. The van der Waals surface area contributed by atoms with Crippen LogP contribution in [-0.4, -0.2) is 45.7 Å². The van der Waals surface area contributed by atoms with Crippen LogP contribution in [0.4, 0.5) is 5.69 Å². The number of hydrogen-bond acceptors (Lipinski definition) is 6. The minimum Gasteiger partial charge on any atom is -0.372 e. The van der Waals surface area contributed by atoms with E-state index < -0.39 is 0 Å². The zero-order valence-corrected chi connectivity index (χ0v) is 19.3. The molecule has 1 N–H and O–H groups in total. The Bertz CT molecular complexity index is 1050. The Kier molecular flexibility index (Phi) is 8.08. The molecular weight excluding hydrogens is 432 g/mol. The number of halogens is 1. The molecule has 3 rings (SSSR count). The zero-order valence-electron chi connectivity index (χ0n) is 17.7. The van der Waals surface area contributed by atoms with Gasteiger partial charge in [-0.05, 0) is 43.7 Å². The van der Waals surface area contributed by atoms with Crippen molar-refractivity contribution in [2.75, 3.05) is 23.7 Å². The summed E-state index contributed by atoms with van der Waals surface area (Å²) in [5.74, 6) is 0.657. The molecule has 0 radical (unpaired) electrons. The van der Waals surface area contributed by atoms with Crippen LogP contribution in [0.3, 0.4) is 0 Å². The first-order chi connectivity index (χ1) is 15.0. The van der Waals surface area contributed by atoms with Crippen molar-refractivity contribution in [3.63, 3.8) is 0 Å². The van der Waals surface area contributed by atoms with E-state index in [0.717, 1.165) is 24.2 Å². The van der Waals surface area contributed by atoms with Gasteiger partial charge in [-0.3, -0.25) is 4.79 Å². The number of carbonyl (C=O) groups excluding carboxylic acids is 1. The molecule has 0 bridgehead atoms. The highest BCUT2D eigenvalue weighted by Crippen LogP contribution is 2.24. The number of thioether (sulfide) groups is 1. The van der Waals surface area contributed by atoms with Gasteiger partial charge in [0.2, 0.25) is 0 Å². The average molecular weight is 457 g/mol. The van der Waals surface area contributed by atoms with Crippen LogP contribution in [0.1, 0.15) is 19.4 Å². The van der Waals surface area contributed by atoms with Gasteiger partial charge in [-0.15, -0.1) is 10.2 Å². The highest BCUT2D eigenvalue weighted by atomic mass is 35.5. The molecule has 0 saturated carbocycles. The third-order valence-corrected chi connectivity index (χ3v) is 5.93. The summed E-state index contributed by atoms with van der Waals surface area (Å²) in [4.78, 5) is 14.4. The number of nitrogens with one attached hydrogen (secondary N) is 1. The molecule has 1 amide bonds. The van der Waals surface area contributed by atoms with Crippen molar-refractivity contribution in [1.82, 2.24) is 20.2 Å². The highest BCUT2D eigenvalue weighted by Gasteiger charge is 2.13. The summed E-state index contributed by atoms with van der Waals surface area (Å²) in [5, 5.41) is 13.7. The summed E-state index contributed by atoms with van der Waals surface area (Å²) in [7, 11) is 1.86. The summed E-state index contributed by atoms with van der Waals surface area (Å²) in [6.07, 6.45) is 1.63. The first-order valence-electron chi connectivity index (χ1n) is 9.96. The Balaban J connectivity index is 1.52. The van der Waals surface area contributed by atoms with Crippen LogP contribution in [0.15, 0.2) is 58.8 Å². The van der Waals surface area contributed by atoms with E-state index in [1.54, 1.807) is 12.3 Å². The summed E-state index contributed by atoms with van der Waals surface area (Å²) in [5.41, 5.74) is 5.51. The molecule has 3 aromatic rings. The van der Waals surface area contributed by atoms with E-state index in [-0.39, 0.29) is 11.7 Å². The minimum absolute atomic E-state index is 0.180. The third-order valence-electron chi connectivity index (χ3n) is 4.67. The van der Waals surface area contributed by atoms with Crippen molar-refractivity contribution in [2.45, 2.75) is 19.0 Å². The van der Waals surface area contributed by atoms with Crippen molar-refractivity contribution >= 4 is 41.2 Å². The van der Waals surface area contributed by atoms with Gasteiger partial charge in [0.15, 0.2) is 11.0 Å². The van der Waals surface area contributed by atoms with E-state index >= 15 is 0 Å². The highest BCUT2D eigenvalue weighted by molar-refractivity contribution is 7.99. The molecule has 1 aromatic heterocycles. The van der Waals surface area contributed by atoms with E-state index in [9.17, 15) is 4.79 Å². The lowest BCUT2D eigenvalue weighted by atomic mass is 10.2. The van der Waals surface area contributed by atoms with Gasteiger partial charge in [0.05, 0.1) is 12.0 Å². The summed E-state index contributed by atoms with van der Waals surface area (Å²) in [6.45, 7) is 6.19. The van der Waals surface area contributed by atoms with Crippen molar-refractivity contribution in [2.24, 2.45) is 12.1 Å². The predicted molar refractivity (Wildman–Crippen MR) is 128 cm³/mol. The van der Waals surface area contributed by atoms with Crippen LogP contribution < -0.4 is 10.3 Å². The average Bonchev–Trinajstić information content (AvgIpc) is 3.14. The monoisotopic (exact) mass is 456 g/mol. The maximum Gasteiger partial charge on any atom is 0.250 e. The van der Waals surface area contributed by atoms with E-state index in [0.29, 0.717) is 16.0 Å². The first kappa shape index (κ1) is 22.8. The number of rotatable bonds is 9. The van der Waals surface area contributed by atoms with Crippen molar-refractivity contribution in [1.29, 1.82) is 0 Å². The van der Waals surface area contributed by atoms with Gasteiger partial charge in [-0.2, -0.15) is 5.10 Å². The quantitative estimate of drug-likeness (QED) is 0.296. The van der Waals surface area contributed by atoms with Crippen LogP contribution in [0, 0.1) is 0 Å². The smallest absolute Gasteiger partial charge is 0.250 e. The number of hydrogen-bond donors (Lipinski definition) is 1. The number of aromatic nitrogens is 3. The number of benzene rings is 2. The molecule has 7 nitrogen and oxygen atoms in total. The van der Waals surface area contributed by atoms with Crippen LogP contribution in [0.2, 0.25) is 5.02 Å². The molecular formula is C22H25ClN6OS. The van der Waals surface area contributed by atoms with Crippen molar-refractivity contribution in [3.05, 3.63) is 59.1 Å². The second-order valence-electron chi connectivity index (χ2n) is 6.72. The molecule has 9 heteroatoms. The Morgan fingerprint density at radius 3 is 2.61 bits per heavy atom. The second kappa shape index (κ2) is 11.0. The van der Waals surface area contributed by atoms with Crippen LogP contribution >= 0.6 is 23.4 Å². The normalized spacial score (nSPS) is 11.1. The van der Waals surface area contributed by atoms with Gasteiger partial charge < -0.3 is 9.47 Å². The first-order valence-corrected chi connectivity index (χ1v) is 11.3. The molecule has 31 heavy (non-hydrogen) atoms. The molecule has 0 fully saturated rings. The number of hydrazone groups is 1. The number of anilines is 1. The standard InChI is InChI=1S/C22H25ClN6OS/c1-4-29(5-2)19-11-9-16(10-12-19)14-24-25-20(30)15-31-22-27-26-21(28(22)3)17-7-6-8-18(23)13-17/h6-14H,4-5,15H2,1-3H3,(H,25,30)/b24-14+. The van der Waals surface area contributed by atoms with Gasteiger partial charge in [0.25, 0.3) is 5.91 Å². The van der Waals surface area contributed by atoms with E-state index in [1.165, 1.54) is 17.4 Å². The Hall–Kier alpha value is -2.84. The van der Waals surface area contributed by atoms with E-state index in [2.05, 4.69) is 51.6 Å². The lowest BCUT2D eigenvalue weighted by molar-refractivity contribution is -0.118. The molecule has 1 heterocycles. The fourth-order valence-electron chi connectivity index (χ4n) is 3.02. The lowest BCUT2D eigenvalue weighted by Crippen LogP contribution is -2.21. The lowest BCUT2D eigenvalue weighted by Gasteiger charge is -2.20. The fourth-order valence-corrected chi connectivity index (χ4v) is 3.91. The molecule has 0 spiro atoms. The Morgan fingerprint density at radius 1 is 1.19 bits per heavy atom. The molecule has 0 atom stereocenters.